The van der Waals surface area contributed by atoms with Gasteiger partial charge in [-0.25, -0.2) is 4.98 Å². The van der Waals surface area contributed by atoms with Crippen LogP contribution in [0.15, 0.2) is 41.8 Å². The van der Waals surface area contributed by atoms with Gasteiger partial charge in [0.2, 0.25) is 11.8 Å². The summed E-state index contributed by atoms with van der Waals surface area (Å²) in [6, 6.07) is 9.70. The zero-order valence-electron chi connectivity index (χ0n) is 14.1. The Morgan fingerprint density at radius 1 is 1.24 bits per heavy atom. The number of nitrogens with zero attached hydrogens (tertiary/aromatic N) is 2. The predicted molar refractivity (Wildman–Crippen MR) is 101 cm³/mol. The molecule has 1 aliphatic carbocycles. The second kappa shape index (κ2) is 8.07. The minimum atomic E-state index is -0.102. The first-order chi connectivity index (χ1) is 12.1. The van der Waals surface area contributed by atoms with Crippen LogP contribution in [0.5, 0.6) is 0 Å². The molecule has 0 atom stereocenters. The number of nitrogens with one attached hydrogen (secondary N) is 1. The van der Waals surface area contributed by atoms with E-state index in [1.54, 1.807) is 11.0 Å². The number of carbonyl (C=O) groups excluding carboxylic acids is 2. The van der Waals surface area contributed by atoms with Gasteiger partial charge in [-0.2, -0.15) is 0 Å². The van der Waals surface area contributed by atoms with Gasteiger partial charge in [0.05, 0.1) is 11.4 Å². The van der Waals surface area contributed by atoms with Crippen molar-refractivity contribution in [1.82, 2.24) is 10.3 Å². The number of amides is 2. The van der Waals surface area contributed by atoms with Crippen LogP contribution in [-0.2, 0) is 9.59 Å². The Balaban J connectivity index is 1.69. The van der Waals surface area contributed by atoms with Gasteiger partial charge >= 0.3 is 0 Å². The summed E-state index contributed by atoms with van der Waals surface area (Å²) in [6.07, 6.45) is 7.69. The maximum Gasteiger partial charge on any atom is 0.244 e. The van der Waals surface area contributed by atoms with Crippen molar-refractivity contribution in [3.63, 3.8) is 0 Å². The minimum absolute atomic E-state index is 0.0899. The van der Waals surface area contributed by atoms with E-state index in [9.17, 15) is 9.59 Å². The summed E-state index contributed by atoms with van der Waals surface area (Å²) in [5.74, 6) is -0.192. The summed E-state index contributed by atoms with van der Waals surface area (Å²) in [6.45, 7) is 1.51. The highest BCUT2D eigenvalue weighted by molar-refractivity contribution is 7.14. The van der Waals surface area contributed by atoms with E-state index < -0.39 is 0 Å². The highest BCUT2D eigenvalue weighted by Gasteiger charge is 2.18. The molecule has 6 heteroatoms. The van der Waals surface area contributed by atoms with E-state index in [-0.39, 0.29) is 11.8 Å². The molecular weight excluding hydrogens is 334 g/mol. The third kappa shape index (κ3) is 4.54. The van der Waals surface area contributed by atoms with Crippen LogP contribution in [0, 0.1) is 0 Å². The summed E-state index contributed by atoms with van der Waals surface area (Å²) in [4.78, 5) is 30.0. The molecule has 0 radical (unpaired) electrons. The lowest BCUT2D eigenvalue weighted by Crippen LogP contribution is -2.30. The largest absolute Gasteiger partial charge is 0.350 e. The van der Waals surface area contributed by atoms with Crippen LogP contribution >= 0.6 is 11.3 Å². The number of hydrogen-bond donors (Lipinski definition) is 1. The summed E-state index contributed by atoms with van der Waals surface area (Å²) in [7, 11) is 0. The van der Waals surface area contributed by atoms with Gasteiger partial charge in [-0.05, 0) is 31.1 Å². The van der Waals surface area contributed by atoms with E-state index in [0.29, 0.717) is 16.9 Å². The third-order valence-corrected chi connectivity index (χ3v) is 4.98. The molecule has 3 rings (SSSR count). The second-order valence-corrected chi connectivity index (χ2v) is 6.90. The van der Waals surface area contributed by atoms with Gasteiger partial charge in [0, 0.05) is 24.4 Å². The maximum atomic E-state index is 12.0. The monoisotopic (exact) mass is 355 g/mol. The van der Waals surface area contributed by atoms with Crippen molar-refractivity contribution >= 4 is 40.0 Å². The summed E-state index contributed by atoms with van der Waals surface area (Å²) in [5.41, 5.74) is 1.45. The lowest BCUT2D eigenvalue weighted by molar-refractivity contribution is -0.117. The van der Waals surface area contributed by atoms with Crippen LogP contribution in [0.4, 0.5) is 10.8 Å². The Bertz CT molecular complexity index is 764. The normalized spacial score (nSPS) is 14.8. The number of aromatic nitrogens is 1. The quantitative estimate of drug-likeness (QED) is 0.828. The number of thiazole rings is 1. The van der Waals surface area contributed by atoms with Crippen molar-refractivity contribution in [3.05, 3.63) is 47.5 Å². The van der Waals surface area contributed by atoms with E-state index in [2.05, 4.69) is 10.3 Å². The van der Waals surface area contributed by atoms with Crippen LogP contribution in [0.3, 0.4) is 0 Å². The molecule has 1 aromatic carbocycles. The number of hydrogen-bond acceptors (Lipinski definition) is 4. The summed E-state index contributed by atoms with van der Waals surface area (Å²) < 4.78 is 0. The Labute approximate surface area is 151 Å². The zero-order valence-corrected chi connectivity index (χ0v) is 15.0. The molecule has 1 N–H and O–H groups in total. The van der Waals surface area contributed by atoms with E-state index in [1.807, 2.05) is 35.7 Å². The van der Waals surface area contributed by atoms with Gasteiger partial charge in [0.15, 0.2) is 5.13 Å². The van der Waals surface area contributed by atoms with Crippen LogP contribution in [0.2, 0.25) is 0 Å². The minimum Gasteiger partial charge on any atom is -0.350 e. The number of benzene rings is 1. The fourth-order valence-electron chi connectivity index (χ4n) is 2.94. The fraction of sp³-hybridized carbons (Fsp3) is 0.316. The third-order valence-electron chi connectivity index (χ3n) is 4.14. The summed E-state index contributed by atoms with van der Waals surface area (Å²) in [5, 5.41) is 5.44. The van der Waals surface area contributed by atoms with Crippen LogP contribution in [-0.4, -0.2) is 22.8 Å². The smallest absolute Gasteiger partial charge is 0.244 e. The second-order valence-electron chi connectivity index (χ2n) is 6.07. The lowest BCUT2D eigenvalue weighted by atomic mass is 10.2. The Morgan fingerprint density at radius 3 is 2.64 bits per heavy atom. The summed E-state index contributed by atoms with van der Waals surface area (Å²) >= 11 is 1.38. The highest BCUT2D eigenvalue weighted by atomic mass is 32.1. The van der Waals surface area contributed by atoms with Gasteiger partial charge in [-0.3, -0.25) is 14.5 Å². The number of para-hydroxylation sites is 1. The molecule has 0 spiro atoms. The molecule has 0 unspecified atom stereocenters. The molecule has 1 saturated carbocycles. The Hall–Kier alpha value is -2.47. The standard InChI is InChI=1S/C19H21N3O2S/c1-14(23)22(17-9-3-2-4-10-17)19-21-16(13-25-19)11-12-18(24)20-15-7-5-6-8-15/h2-4,9-13,15H,5-8H2,1H3,(H,20,24)/b12-11+. The van der Waals surface area contributed by atoms with Gasteiger partial charge in [-0.15, -0.1) is 11.3 Å². The first-order valence-corrected chi connectivity index (χ1v) is 9.31. The van der Waals surface area contributed by atoms with Gasteiger partial charge in [0.25, 0.3) is 0 Å². The van der Waals surface area contributed by atoms with Crippen molar-refractivity contribution in [2.45, 2.75) is 38.6 Å². The Morgan fingerprint density at radius 2 is 1.96 bits per heavy atom. The molecule has 1 fully saturated rings. The molecular formula is C19H21N3O2S. The molecule has 130 valence electrons. The molecule has 0 aliphatic heterocycles. The first kappa shape index (κ1) is 17.4. The first-order valence-electron chi connectivity index (χ1n) is 8.43. The maximum absolute atomic E-state index is 12.0. The molecule has 2 aromatic rings. The molecule has 1 aliphatic rings. The van der Waals surface area contributed by atoms with Crippen LogP contribution in [0.25, 0.3) is 6.08 Å². The van der Waals surface area contributed by atoms with Crippen molar-refractivity contribution < 1.29 is 9.59 Å². The van der Waals surface area contributed by atoms with Gasteiger partial charge < -0.3 is 5.32 Å². The molecule has 25 heavy (non-hydrogen) atoms. The average molecular weight is 355 g/mol. The van der Waals surface area contributed by atoms with Gasteiger partial charge in [0.1, 0.15) is 0 Å². The van der Waals surface area contributed by atoms with E-state index in [4.69, 9.17) is 0 Å². The van der Waals surface area contributed by atoms with Crippen molar-refractivity contribution in [1.29, 1.82) is 0 Å². The molecule has 1 heterocycles. The topological polar surface area (TPSA) is 62.3 Å². The van der Waals surface area contributed by atoms with Crippen molar-refractivity contribution in [3.8, 4) is 0 Å². The predicted octanol–water partition coefficient (Wildman–Crippen LogP) is 3.90. The Kier molecular flexibility index (Phi) is 5.60. The SMILES string of the molecule is CC(=O)N(c1ccccc1)c1nc(/C=C/C(=O)NC2CCCC2)cs1. The number of anilines is 2. The average Bonchev–Trinajstić information content (AvgIpc) is 3.26. The number of rotatable bonds is 5. The lowest BCUT2D eigenvalue weighted by Gasteiger charge is -2.17. The van der Waals surface area contributed by atoms with E-state index in [1.165, 1.54) is 37.2 Å². The van der Waals surface area contributed by atoms with E-state index >= 15 is 0 Å². The molecule has 1 aromatic heterocycles. The fourth-order valence-corrected chi connectivity index (χ4v) is 3.79. The van der Waals surface area contributed by atoms with Crippen LogP contribution < -0.4 is 10.2 Å². The highest BCUT2D eigenvalue weighted by Crippen LogP contribution is 2.29. The molecule has 5 nitrogen and oxygen atoms in total. The zero-order chi connectivity index (χ0) is 17.6. The van der Waals surface area contributed by atoms with Crippen molar-refractivity contribution in [2.75, 3.05) is 4.90 Å². The van der Waals surface area contributed by atoms with Crippen molar-refractivity contribution in [2.24, 2.45) is 0 Å². The van der Waals surface area contributed by atoms with E-state index in [0.717, 1.165) is 18.5 Å². The number of carbonyl (C=O) groups is 2. The van der Waals surface area contributed by atoms with Gasteiger partial charge in [-0.1, -0.05) is 31.0 Å². The molecule has 0 saturated heterocycles. The molecule has 2 amide bonds. The molecule has 0 bridgehead atoms. The van der Waals surface area contributed by atoms with Crippen LogP contribution in [0.1, 0.15) is 38.3 Å².